The standard InChI is InChI=1S/C23H21FN4O3S/c1-14(2)22-27-28-23(32-22)26-21(29)17(12-25)10-15-8-9-19(20(11-15)30-3)31-13-16-6-4-5-7-18(16)24/h4-11,14H,13H2,1-3H3,(H,26,28,29)/b17-10-. The molecule has 32 heavy (non-hydrogen) atoms. The molecule has 0 radical (unpaired) electrons. The maximum Gasteiger partial charge on any atom is 0.268 e. The lowest BCUT2D eigenvalue weighted by molar-refractivity contribution is -0.112. The zero-order valence-corrected chi connectivity index (χ0v) is 18.6. The molecule has 3 aromatic rings. The number of nitrogens with one attached hydrogen (secondary N) is 1. The number of ether oxygens (including phenoxy) is 2. The number of hydrogen-bond donors (Lipinski definition) is 1. The first-order valence-electron chi connectivity index (χ1n) is 9.72. The average Bonchev–Trinajstić information content (AvgIpc) is 3.26. The van der Waals surface area contributed by atoms with Crippen LogP contribution < -0.4 is 14.8 Å². The number of anilines is 1. The summed E-state index contributed by atoms with van der Waals surface area (Å²) in [5.74, 6) is 0.0459. The fraction of sp³-hybridized carbons (Fsp3) is 0.217. The van der Waals surface area contributed by atoms with Gasteiger partial charge in [0.1, 0.15) is 29.1 Å². The first-order chi connectivity index (χ1) is 15.4. The molecule has 1 N–H and O–H groups in total. The van der Waals surface area contributed by atoms with E-state index >= 15 is 0 Å². The molecular weight excluding hydrogens is 431 g/mol. The zero-order valence-electron chi connectivity index (χ0n) is 17.8. The highest BCUT2D eigenvalue weighted by molar-refractivity contribution is 7.15. The molecule has 0 unspecified atom stereocenters. The Labute approximate surface area is 189 Å². The highest BCUT2D eigenvalue weighted by Crippen LogP contribution is 2.30. The molecule has 0 aliphatic carbocycles. The van der Waals surface area contributed by atoms with E-state index < -0.39 is 5.91 Å². The number of benzene rings is 2. The molecule has 9 heteroatoms. The second-order valence-electron chi connectivity index (χ2n) is 7.01. The van der Waals surface area contributed by atoms with Crippen molar-refractivity contribution in [3.8, 4) is 17.6 Å². The SMILES string of the molecule is COc1cc(/C=C(/C#N)C(=O)Nc2nnc(C(C)C)s2)ccc1OCc1ccccc1F. The van der Waals surface area contributed by atoms with Crippen LogP contribution >= 0.6 is 11.3 Å². The van der Waals surface area contributed by atoms with Gasteiger partial charge in [0.25, 0.3) is 5.91 Å². The summed E-state index contributed by atoms with van der Waals surface area (Å²) in [6.07, 6.45) is 1.43. The van der Waals surface area contributed by atoms with Gasteiger partial charge >= 0.3 is 0 Å². The Morgan fingerprint density at radius 2 is 2.03 bits per heavy atom. The summed E-state index contributed by atoms with van der Waals surface area (Å²) < 4.78 is 24.8. The van der Waals surface area contributed by atoms with Crippen LogP contribution in [0.5, 0.6) is 11.5 Å². The lowest BCUT2D eigenvalue weighted by Gasteiger charge is -2.12. The zero-order chi connectivity index (χ0) is 23.1. The summed E-state index contributed by atoms with van der Waals surface area (Å²) in [6.45, 7) is 3.98. The maximum atomic E-state index is 13.8. The Hall–Kier alpha value is -3.77. The van der Waals surface area contributed by atoms with Gasteiger partial charge in [-0.1, -0.05) is 49.4 Å². The number of carbonyl (C=O) groups excluding carboxylic acids is 1. The molecule has 1 heterocycles. The third-order valence-corrected chi connectivity index (χ3v) is 5.50. The molecule has 0 saturated carbocycles. The largest absolute Gasteiger partial charge is 0.493 e. The van der Waals surface area contributed by atoms with Crippen molar-refractivity contribution in [1.29, 1.82) is 5.26 Å². The molecule has 0 aliphatic rings. The summed E-state index contributed by atoms with van der Waals surface area (Å²) in [6, 6.07) is 13.2. The van der Waals surface area contributed by atoms with E-state index in [-0.39, 0.29) is 23.9 Å². The van der Waals surface area contributed by atoms with Crippen LogP contribution in [0.15, 0.2) is 48.0 Å². The van der Waals surface area contributed by atoms with Crippen molar-refractivity contribution in [2.75, 3.05) is 12.4 Å². The van der Waals surface area contributed by atoms with Crippen molar-refractivity contribution in [2.24, 2.45) is 0 Å². The van der Waals surface area contributed by atoms with Gasteiger partial charge in [0.15, 0.2) is 11.5 Å². The minimum Gasteiger partial charge on any atom is -0.493 e. The van der Waals surface area contributed by atoms with Crippen molar-refractivity contribution in [1.82, 2.24) is 10.2 Å². The van der Waals surface area contributed by atoms with E-state index in [1.165, 1.54) is 30.6 Å². The first kappa shape index (κ1) is 22.9. The predicted molar refractivity (Wildman–Crippen MR) is 120 cm³/mol. The van der Waals surface area contributed by atoms with Gasteiger partial charge in [-0.2, -0.15) is 5.26 Å². The van der Waals surface area contributed by atoms with E-state index in [1.54, 1.807) is 36.4 Å². The van der Waals surface area contributed by atoms with Gasteiger partial charge in [0.2, 0.25) is 5.13 Å². The van der Waals surface area contributed by atoms with Gasteiger partial charge in [-0.05, 0) is 29.8 Å². The van der Waals surface area contributed by atoms with Crippen LogP contribution in [0.4, 0.5) is 9.52 Å². The van der Waals surface area contributed by atoms with Crippen LogP contribution in [0.25, 0.3) is 6.08 Å². The first-order valence-corrected chi connectivity index (χ1v) is 10.5. The number of methoxy groups -OCH3 is 1. The molecule has 0 saturated heterocycles. The molecule has 0 atom stereocenters. The lowest BCUT2D eigenvalue weighted by Crippen LogP contribution is -2.13. The Morgan fingerprint density at radius 3 is 2.69 bits per heavy atom. The maximum absolute atomic E-state index is 13.8. The second kappa shape index (κ2) is 10.5. The summed E-state index contributed by atoms with van der Waals surface area (Å²) in [5.41, 5.74) is 0.875. The van der Waals surface area contributed by atoms with Crippen LogP contribution in [-0.4, -0.2) is 23.2 Å². The Kier molecular flexibility index (Phi) is 7.52. The van der Waals surface area contributed by atoms with Crippen LogP contribution in [0.1, 0.15) is 35.9 Å². The van der Waals surface area contributed by atoms with Crippen molar-refractivity contribution in [3.05, 3.63) is 70.0 Å². The van der Waals surface area contributed by atoms with Gasteiger partial charge < -0.3 is 9.47 Å². The smallest absolute Gasteiger partial charge is 0.268 e. The molecule has 7 nitrogen and oxygen atoms in total. The van der Waals surface area contributed by atoms with Crippen LogP contribution in [0.2, 0.25) is 0 Å². The van der Waals surface area contributed by atoms with E-state index in [1.807, 2.05) is 19.9 Å². The van der Waals surface area contributed by atoms with Crippen LogP contribution in [0, 0.1) is 17.1 Å². The van der Waals surface area contributed by atoms with Crippen molar-refractivity contribution in [2.45, 2.75) is 26.4 Å². The molecule has 2 aromatic carbocycles. The average molecular weight is 453 g/mol. The fourth-order valence-electron chi connectivity index (χ4n) is 2.66. The number of halogens is 1. The molecule has 0 fully saturated rings. The molecule has 0 bridgehead atoms. The number of nitrogens with zero attached hydrogens (tertiary/aromatic N) is 3. The number of hydrogen-bond acceptors (Lipinski definition) is 7. The minimum absolute atomic E-state index is 0.0320. The summed E-state index contributed by atoms with van der Waals surface area (Å²) in [4.78, 5) is 12.5. The van der Waals surface area contributed by atoms with Gasteiger partial charge in [-0.25, -0.2) is 4.39 Å². The number of carbonyl (C=O) groups is 1. The topological polar surface area (TPSA) is 97.1 Å². The molecule has 0 aliphatic heterocycles. The molecular formula is C23H21FN4O3S. The van der Waals surface area contributed by atoms with Crippen LogP contribution in [0.3, 0.4) is 0 Å². The van der Waals surface area contributed by atoms with E-state index in [9.17, 15) is 14.4 Å². The lowest BCUT2D eigenvalue weighted by atomic mass is 10.1. The van der Waals surface area contributed by atoms with E-state index in [0.717, 1.165) is 5.01 Å². The molecule has 1 amide bonds. The third-order valence-electron chi connectivity index (χ3n) is 4.36. The van der Waals surface area contributed by atoms with Gasteiger partial charge in [-0.3, -0.25) is 10.1 Å². The summed E-state index contributed by atoms with van der Waals surface area (Å²) in [7, 11) is 1.47. The Balaban J connectivity index is 1.74. The quantitative estimate of drug-likeness (QED) is 0.384. The van der Waals surface area contributed by atoms with E-state index in [4.69, 9.17) is 9.47 Å². The normalized spacial score (nSPS) is 11.2. The number of nitriles is 1. The highest BCUT2D eigenvalue weighted by atomic mass is 32.1. The number of rotatable bonds is 8. The van der Waals surface area contributed by atoms with Crippen molar-refractivity contribution < 1.29 is 18.7 Å². The number of amides is 1. The molecule has 164 valence electrons. The predicted octanol–water partition coefficient (Wildman–Crippen LogP) is 4.93. The summed E-state index contributed by atoms with van der Waals surface area (Å²) in [5, 5.41) is 21.1. The van der Waals surface area contributed by atoms with Gasteiger partial charge in [0.05, 0.1) is 7.11 Å². The fourth-order valence-corrected chi connectivity index (χ4v) is 3.40. The van der Waals surface area contributed by atoms with Gasteiger partial charge in [-0.15, -0.1) is 10.2 Å². The summed E-state index contributed by atoms with van der Waals surface area (Å²) >= 11 is 1.26. The van der Waals surface area contributed by atoms with E-state index in [2.05, 4.69) is 15.5 Å². The second-order valence-corrected chi connectivity index (χ2v) is 8.02. The molecule has 3 rings (SSSR count). The van der Waals surface area contributed by atoms with Crippen molar-refractivity contribution >= 4 is 28.5 Å². The third kappa shape index (κ3) is 5.68. The Bertz CT molecular complexity index is 1180. The molecule has 0 spiro atoms. The highest BCUT2D eigenvalue weighted by Gasteiger charge is 2.15. The Morgan fingerprint density at radius 1 is 1.25 bits per heavy atom. The van der Waals surface area contributed by atoms with Gasteiger partial charge in [0, 0.05) is 11.5 Å². The van der Waals surface area contributed by atoms with Crippen molar-refractivity contribution in [3.63, 3.8) is 0 Å². The van der Waals surface area contributed by atoms with Crippen LogP contribution in [-0.2, 0) is 11.4 Å². The molecule has 1 aromatic heterocycles. The number of aromatic nitrogens is 2. The monoisotopic (exact) mass is 452 g/mol. The minimum atomic E-state index is -0.585. The van der Waals surface area contributed by atoms with E-state index in [0.29, 0.717) is 27.8 Å².